The highest BCUT2D eigenvalue weighted by Gasteiger charge is 2.32. The number of anilines is 1. The van der Waals surface area contributed by atoms with Crippen LogP contribution in [0.25, 0.3) is 0 Å². The molecule has 1 aromatic carbocycles. The number of alkyl halides is 3. The fourth-order valence-corrected chi connectivity index (χ4v) is 1.32. The number of carbonyl (C=O) groups excluding carboxylic acids is 1. The number of halogens is 4. The van der Waals surface area contributed by atoms with Gasteiger partial charge in [-0.25, -0.2) is 0 Å². The van der Waals surface area contributed by atoms with Crippen molar-refractivity contribution >= 4 is 23.2 Å². The molecule has 0 radical (unpaired) electrons. The number of benzene rings is 1. The van der Waals surface area contributed by atoms with Crippen LogP contribution in [-0.2, 0) is 4.79 Å². The first-order valence-electron chi connectivity index (χ1n) is 4.95. The van der Waals surface area contributed by atoms with Gasteiger partial charge in [0.25, 0.3) is 0 Å². The lowest BCUT2D eigenvalue weighted by Crippen LogP contribution is -2.38. The smallest absolute Gasteiger partial charge is 0.404 e. The number of aliphatic hydroxyl groups is 1. The lowest BCUT2D eigenvalue weighted by Gasteiger charge is -2.13. The second-order valence-electron chi connectivity index (χ2n) is 3.47. The second-order valence-corrected chi connectivity index (χ2v) is 3.88. The predicted molar refractivity (Wildman–Crippen MR) is 61.8 cm³/mol. The van der Waals surface area contributed by atoms with Gasteiger partial charge in [0.15, 0.2) is 0 Å². The maximum Gasteiger partial charge on any atom is 0.573 e. The van der Waals surface area contributed by atoms with Crippen molar-refractivity contribution in [2.45, 2.75) is 12.4 Å². The SMILES string of the molecule is NC(CO)C(=O)Nc1ccc(OC(F)(F)F)c(Cl)c1. The summed E-state index contributed by atoms with van der Waals surface area (Å²) < 4.78 is 39.6. The van der Waals surface area contributed by atoms with Crippen LogP contribution < -0.4 is 15.8 Å². The van der Waals surface area contributed by atoms with E-state index in [0.29, 0.717) is 0 Å². The molecule has 1 rings (SSSR count). The molecular weight excluding hydrogens is 289 g/mol. The first kappa shape index (κ1) is 15.5. The minimum atomic E-state index is -4.85. The molecule has 19 heavy (non-hydrogen) atoms. The van der Waals surface area contributed by atoms with E-state index in [1.807, 2.05) is 0 Å². The summed E-state index contributed by atoms with van der Waals surface area (Å²) in [6.45, 7) is -0.561. The number of amides is 1. The molecule has 1 amide bonds. The molecule has 0 saturated carbocycles. The van der Waals surface area contributed by atoms with Crippen LogP contribution >= 0.6 is 11.6 Å². The van der Waals surface area contributed by atoms with Crippen molar-refractivity contribution in [3.8, 4) is 5.75 Å². The molecule has 4 N–H and O–H groups in total. The van der Waals surface area contributed by atoms with Crippen LogP contribution in [0.4, 0.5) is 18.9 Å². The van der Waals surface area contributed by atoms with Gasteiger partial charge in [-0.05, 0) is 18.2 Å². The second kappa shape index (κ2) is 6.09. The van der Waals surface area contributed by atoms with Crippen LogP contribution in [0.2, 0.25) is 5.02 Å². The molecular formula is C10H10ClF3N2O3. The number of rotatable bonds is 4. The van der Waals surface area contributed by atoms with Crippen LogP contribution in [0.1, 0.15) is 0 Å². The van der Waals surface area contributed by atoms with Crippen molar-refractivity contribution in [3.05, 3.63) is 23.2 Å². The first-order chi connectivity index (χ1) is 8.73. The minimum absolute atomic E-state index is 0.133. The Kier molecular flexibility index (Phi) is 4.98. The van der Waals surface area contributed by atoms with Crippen molar-refractivity contribution in [1.29, 1.82) is 0 Å². The zero-order valence-corrected chi connectivity index (χ0v) is 10.1. The molecule has 0 heterocycles. The summed E-state index contributed by atoms with van der Waals surface area (Å²) in [5.74, 6) is -1.28. The van der Waals surface area contributed by atoms with Gasteiger partial charge in [-0.15, -0.1) is 13.2 Å². The van der Waals surface area contributed by atoms with E-state index in [1.165, 1.54) is 0 Å². The zero-order valence-electron chi connectivity index (χ0n) is 9.37. The summed E-state index contributed by atoms with van der Waals surface area (Å²) in [7, 11) is 0. The molecule has 1 atom stereocenters. The summed E-state index contributed by atoms with van der Waals surface area (Å²) in [4.78, 5) is 11.3. The van der Waals surface area contributed by atoms with Crippen LogP contribution in [0.3, 0.4) is 0 Å². The molecule has 0 aliphatic heterocycles. The molecule has 0 bridgehead atoms. The van der Waals surface area contributed by atoms with Gasteiger partial charge in [0.05, 0.1) is 11.6 Å². The Morgan fingerprint density at radius 3 is 2.63 bits per heavy atom. The number of aliphatic hydroxyl groups excluding tert-OH is 1. The van der Waals surface area contributed by atoms with Gasteiger partial charge in [-0.2, -0.15) is 0 Å². The molecule has 0 spiro atoms. The Bertz CT molecular complexity index is 468. The van der Waals surface area contributed by atoms with Crippen LogP contribution in [0.5, 0.6) is 5.75 Å². The third kappa shape index (κ3) is 4.93. The van der Waals surface area contributed by atoms with E-state index in [9.17, 15) is 18.0 Å². The quantitative estimate of drug-likeness (QED) is 0.786. The minimum Gasteiger partial charge on any atom is -0.404 e. The normalized spacial score (nSPS) is 12.9. The monoisotopic (exact) mass is 298 g/mol. The Hall–Kier alpha value is -1.51. The summed E-state index contributed by atoms with van der Waals surface area (Å²) >= 11 is 5.58. The molecule has 0 aliphatic carbocycles. The molecule has 106 valence electrons. The van der Waals surface area contributed by atoms with Gasteiger partial charge in [0, 0.05) is 5.69 Å². The van der Waals surface area contributed by atoms with E-state index < -0.39 is 30.7 Å². The average Bonchev–Trinajstić information content (AvgIpc) is 2.30. The lowest BCUT2D eigenvalue weighted by atomic mass is 10.2. The van der Waals surface area contributed by atoms with Crippen molar-refractivity contribution in [3.63, 3.8) is 0 Å². The zero-order chi connectivity index (χ0) is 14.6. The number of nitrogens with two attached hydrogens (primary N) is 1. The van der Waals surface area contributed by atoms with Crippen molar-refractivity contribution < 1.29 is 27.8 Å². The van der Waals surface area contributed by atoms with Gasteiger partial charge < -0.3 is 20.9 Å². The highest BCUT2D eigenvalue weighted by atomic mass is 35.5. The number of hydrogen-bond acceptors (Lipinski definition) is 4. The highest BCUT2D eigenvalue weighted by molar-refractivity contribution is 6.32. The van der Waals surface area contributed by atoms with Gasteiger partial charge in [-0.1, -0.05) is 11.6 Å². The Morgan fingerprint density at radius 1 is 1.53 bits per heavy atom. The molecule has 0 fully saturated rings. The van der Waals surface area contributed by atoms with Crippen molar-refractivity contribution in [2.75, 3.05) is 11.9 Å². The summed E-state index contributed by atoms with van der Waals surface area (Å²) in [6, 6.07) is 2.06. The molecule has 1 unspecified atom stereocenters. The molecule has 1 aromatic rings. The van der Waals surface area contributed by atoms with Crippen LogP contribution in [0, 0.1) is 0 Å². The highest BCUT2D eigenvalue weighted by Crippen LogP contribution is 2.32. The third-order valence-corrected chi connectivity index (χ3v) is 2.25. The molecule has 0 saturated heterocycles. The summed E-state index contributed by atoms with van der Waals surface area (Å²) in [5, 5.41) is 10.6. The largest absolute Gasteiger partial charge is 0.573 e. The topological polar surface area (TPSA) is 84.6 Å². The number of ether oxygens (including phenoxy) is 1. The summed E-state index contributed by atoms with van der Waals surface area (Å²) in [5.41, 5.74) is 5.38. The van der Waals surface area contributed by atoms with E-state index in [4.69, 9.17) is 22.4 Å². The van der Waals surface area contributed by atoms with Crippen LogP contribution in [0.15, 0.2) is 18.2 Å². The van der Waals surface area contributed by atoms with Gasteiger partial charge >= 0.3 is 6.36 Å². The Morgan fingerprint density at radius 2 is 2.16 bits per heavy atom. The predicted octanol–water partition coefficient (Wildman–Crippen LogP) is 1.50. The van der Waals surface area contributed by atoms with E-state index in [-0.39, 0.29) is 10.7 Å². The van der Waals surface area contributed by atoms with E-state index in [1.54, 1.807) is 0 Å². The fourth-order valence-electron chi connectivity index (χ4n) is 1.10. The number of nitrogens with one attached hydrogen (secondary N) is 1. The van der Waals surface area contributed by atoms with E-state index in [2.05, 4.69) is 10.1 Å². The fraction of sp³-hybridized carbons (Fsp3) is 0.300. The molecule has 0 aromatic heterocycles. The van der Waals surface area contributed by atoms with Gasteiger partial charge in [0.2, 0.25) is 5.91 Å². The molecule has 5 nitrogen and oxygen atoms in total. The van der Waals surface area contributed by atoms with Crippen LogP contribution in [-0.4, -0.2) is 30.0 Å². The van der Waals surface area contributed by atoms with Gasteiger partial charge in [0.1, 0.15) is 11.8 Å². The standard InChI is InChI=1S/C10H10ClF3N2O3/c11-6-3-5(16-9(18)7(15)4-17)1-2-8(6)19-10(12,13)14/h1-3,7,17H,4,15H2,(H,16,18). The van der Waals surface area contributed by atoms with Crippen molar-refractivity contribution in [1.82, 2.24) is 0 Å². The van der Waals surface area contributed by atoms with Crippen molar-refractivity contribution in [2.24, 2.45) is 5.73 Å². The third-order valence-electron chi connectivity index (χ3n) is 1.96. The van der Waals surface area contributed by atoms with E-state index in [0.717, 1.165) is 18.2 Å². The Labute approximate surface area is 111 Å². The molecule has 0 aliphatic rings. The van der Waals surface area contributed by atoms with E-state index >= 15 is 0 Å². The summed E-state index contributed by atoms with van der Waals surface area (Å²) in [6.07, 6.45) is -4.85. The maximum absolute atomic E-state index is 12.0. The number of carbonyl (C=O) groups is 1. The lowest BCUT2D eigenvalue weighted by molar-refractivity contribution is -0.274. The maximum atomic E-state index is 12.0. The molecule has 9 heteroatoms. The van der Waals surface area contributed by atoms with Gasteiger partial charge in [-0.3, -0.25) is 4.79 Å². The number of hydrogen-bond donors (Lipinski definition) is 3. The average molecular weight is 299 g/mol. The Balaban J connectivity index is 2.80. The first-order valence-corrected chi connectivity index (χ1v) is 5.33.